The van der Waals surface area contributed by atoms with Crippen LogP contribution in [-0.4, -0.2) is 54.5 Å². The molecule has 0 bridgehead atoms. The maximum atomic E-state index is 12.4. The highest BCUT2D eigenvalue weighted by molar-refractivity contribution is 5.90. The van der Waals surface area contributed by atoms with Crippen LogP contribution < -0.4 is 20.1 Å². The van der Waals surface area contributed by atoms with E-state index in [4.69, 9.17) is 14.0 Å². The van der Waals surface area contributed by atoms with Gasteiger partial charge in [-0.05, 0) is 68.4 Å². The molecular formula is C26H30N4O4. The van der Waals surface area contributed by atoms with E-state index in [1.807, 2.05) is 31.2 Å². The van der Waals surface area contributed by atoms with Crippen LogP contribution >= 0.6 is 0 Å². The Morgan fingerprint density at radius 1 is 1.06 bits per heavy atom. The van der Waals surface area contributed by atoms with Crippen molar-refractivity contribution in [2.75, 3.05) is 31.7 Å². The average molecular weight is 463 g/mol. The Hall–Kier alpha value is -3.26. The lowest BCUT2D eigenvalue weighted by atomic mass is 9.80. The standard InChI is InChI=1S/C26H30N4O4/c1-16-2-8-22-21(10-16)26(29-34-22)27-12-25(31)28-19-13-30(14-19)20-6-3-17(4-7-20)18-5-9-23-24(11-18)33-15-32-23/h2,5,8-11,17,19-20H,3-4,6-7,12-15H2,1H3,(H,27,29)(H,28,31). The van der Waals surface area contributed by atoms with Gasteiger partial charge < -0.3 is 24.6 Å². The van der Waals surface area contributed by atoms with E-state index in [-0.39, 0.29) is 18.5 Å². The van der Waals surface area contributed by atoms with Crippen molar-refractivity contribution < 1.29 is 18.8 Å². The maximum Gasteiger partial charge on any atom is 0.239 e. The van der Waals surface area contributed by atoms with Crippen LogP contribution in [0.2, 0.25) is 0 Å². The van der Waals surface area contributed by atoms with Crippen LogP contribution in [0, 0.1) is 6.92 Å². The largest absolute Gasteiger partial charge is 0.454 e. The van der Waals surface area contributed by atoms with Gasteiger partial charge in [-0.3, -0.25) is 9.69 Å². The number of amides is 1. The van der Waals surface area contributed by atoms with E-state index in [0.717, 1.165) is 41.1 Å². The summed E-state index contributed by atoms with van der Waals surface area (Å²) in [5.74, 6) is 2.92. The van der Waals surface area contributed by atoms with Gasteiger partial charge in [-0.2, -0.15) is 0 Å². The summed E-state index contributed by atoms with van der Waals surface area (Å²) in [6, 6.07) is 13.1. The Labute approximate surface area is 198 Å². The highest BCUT2D eigenvalue weighted by Gasteiger charge is 2.35. The van der Waals surface area contributed by atoms with Crippen molar-refractivity contribution in [3.8, 4) is 11.5 Å². The number of nitrogens with zero attached hydrogens (tertiary/aromatic N) is 2. The highest BCUT2D eigenvalue weighted by Crippen LogP contribution is 2.40. The summed E-state index contributed by atoms with van der Waals surface area (Å²) in [5.41, 5.74) is 3.21. The Morgan fingerprint density at radius 3 is 2.74 bits per heavy atom. The zero-order valence-corrected chi connectivity index (χ0v) is 19.4. The molecule has 2 fully saturated rings. The molecule has 0 spiro atoms. The molecule has 3 aromatic rings. The van der Waals surface area contributed by atoms with Gasteiger partial charge >= 0.3 is 0 Å². The fourth-order valence-corrected chi connectivity index (χ4v) is 5.47. The lowest BCUT2D eigenvalue weighted by Gasteiger charge is -2.46. The van der Waals surface area contributed by atoms with Crippen molar-refractivity contribution in [3.63, 3.8) is 0 Å². The molecule has 34 heavy (non-hydrogen) atoms. The van der Waals surface area contributed by atoms with E-state index in [2.05, 4.69) is 32.8 Å². The minimum Gasteiger partial charge on any atom is -0.454 e. The molecule has 0 unspecified atom stereocenters. The molecule has 8 nitrogen and oxygen atoms in total. The molecule has 2 aliphatic heterocycles. The van der Waals surface area contributed by atoms with Crippen molar-refractivity contribution in [2.24, 2.45) is 0 Å². The summed E-state index contributed by atoms with van der Waals surface area (Å²) in [5, 5.41) is 11.2. The van der Waals surface area contributed by atoms with E-state index >= 15 is 0 Å². The minimum absolute atomic E-state index is 0.0139. The van der Waals surface area contributed by atoms with Crippen molar-refractivity contribution in [3.05, 3.63) is 47.5 Å². The summed E-state index contributed by atoms with van der Waals surface area (Å²) in [6.45, 7) is 4.39. The lowest BCUT2D eigenvalue weighted by molar-refractivity contribution is -0.121. The van der Waals surface area contributed by atoms with E-state index < -0.39 is 0 Å². The predicted molar refractivity (Wildman–Crippen MR) is 128 cm³/mol. The first kappa shape index (κ1) is 21.3. The fourth-order valence-electron chi connectivity index (χ4n) is 5.47. The number of aryl methyl sites for hydroxylation is 1. The quantitative estimate of drug-likeness (QED) is 0.576. The molecule has 1 saturated carbocycles. The van der Waals surface area contributed by atoms with Gasteiger partial charge in [0.2, 0.25) is 12.7 Å². The third kappa shape index (κ3) is 4.18. The summed E-state index contributed by atoms with van der Waals surface area (Å²) >= 11 is 0. The second kappa shape index (κ2) is 8.83. The van der Waals surface area contributed by atoms with Gasteiger partial charge in [-0.15, -0.1) is 0 Å². The predicted octanol–water partition coefficient (Wildman–Crippen LogP) is 3.80. The van der Waals surface area contributed by atoms with E-state index in [0.29, 0.717) is 24.6 Å². The topological polar surface area (TPSA) is 88.9 Å². The van der Waals surface area contributed by atoms with Gasteiger partial charge in [0, 0.05) is 19.1 Å². The number of carbonyl (C=O) groups excluding carboxylic acids is 1. The number of fused-ring (bicyclic) bond motifs is 2. The number of likely N-dealkylation sites (tertiary alicyclic amines) is 1. The number of aromatic nitrogens is 1. The number of rotatable bonds is 6. The number of ether oxygens (including phenoxy) is 2. The van der Waals surface area contributed by atoms with Gasteiger partial charge in [-0.1, -0.05) is 22.9 Å². The van der Waals surface area contributed by atoms with Gasteiger partial charge in [0.1, 0.15) is 0 Å². The highest BCUT2D eigenvalue weighted by atomic mass is 16.7. The number of hydrogen-bond acceptors (Lipinski definition) is 7. The van der Waals surface area contributed by atoms with Gasteiger partial charge in [-0.25, -0.2) is 0 Å². The minimum atomic E-state index is -0.0139. The zero-order valence-electron chi connectivity index (χ0n) is 19.4. The van der Waals surface area contributed by atoms with Crippen LogP contribution in [0.25, 0.3) is 11.0 Å². The van der Waals surface area contributed by atoms with Crippen LogP contribution in [0.4, 0.5) is 5.82 Å². The third-order valence-electron chi connectivity index (χ3n) is 7.40. The number of hydrogen-bond donors (Lipinski definition) is 2. The molecule has 6 rings (SSSR count). The summed E-state index contributed by atoms with van der Waals surface area (Å²) < 4.78 is 16.3. The Kier molecular flexibility index (Phi) is 5.53. The molecule has 178 valence electrons. The summed E-state index contributed by atoms with van der Waals surface area (Å²) in [7, 11) is 0. The molecule has 2 N–H and O–H groups in total. The second-order valence-corrected chi connectivity index (χ2v) is 9.72. The zero-order chi connectivity index (χ0) is 23.1. The molecule has 1 amide bonds. The maximum absolute atomic E-state index is 12.4. The monoisotopic (exact) mass is 462 g/mol. The van der Waals surface area contributed by atoms with Crippen LogP contribution in [0.3, 0.4) is 0 Å². The SMILES string of the molecule is Cc1ccc2onc(NCC(=O)NC3CN(C4CCC(c5ccc6c(c5)OCO6)CC4)C3)c2c1. The number of nitrogens with one attached hydrogen (secondary N) is 2. The van der Waals surface area contributed by atoms with Crippen LogP contribution in [0.5, 0.6) is 11.5 Å². The van der Waals surface area contributed by atoms with Crippen molar-refractivity contribution >= 4 is 22.7 Å². The summed E-state index contributed by atoms with van der Waals surface area (Å²) in [6.07, 6.45) is 4.76. The van der Waals surface area contributed by atoms with Crippen molar-refractivity contribution in [2.45, 2.75) is 50.6 Å². The Morgan fingerprint density at radius 2 is 1.88 bits per heavy atom. The first-order valence-corrected chi connectivity index (χ1v) is 12.2. The second-order valence-electron chi connectivity index (χ2n) is 9.72. The van der Waals surface area contributed by atoms with Crippen molar-refractivity contribution in [1.82, 2.24) is 15.4 Å². The number of anilines is 1. The van der Waals surface area contributed by atoms with Crippen molar-refractivity contribution in [1.29, 1.82) is 0 Å². The van der Waals surface area contributed by atoms with Gasteiger partial charge in [0.05, 0.1) is 18.0 Å². The molecule has 3 heterocycles. The molecule has 1 saturated heterocycles. The normalized spacial score (nSPS) is 22.5. The lowest BCUT2D eigenvalue weighted by Crippen LogP contribution is -2.63. The summed E-state index contributed by atoms with van der Waals surface area (Å²) in [4.78, 5) is 15.0. The first-order valence-electron chi connectivity index (χ1n) is 12.2. The molecular weight excluding hydrogens is 432 g/mol. The smallest absolute Gasteiger partial charge is 0.239 e. The third-order valence-corrected chi connectivity index (χ3v) is 7.40. The Balaban J connectivity index is 0.937. The molecule has 0 radical (unpaired) electrons. The fraction of sp³-hybridized carbons (Fsp3) is 0.462. The van der Waals surface area contributed by atoms with E-state index in [1.54, 1.807) is 0 Å². The molecule has 1 aromatic heterocycles. The van der Waals surface area contributed by atoms with Crippen LogP contribution in [0.15, 0.2) is 40.9 Å². The van der Waals surface area contributed by atoms with E-state index in [9.17, 15) is 4.79 Å². The molecule has 1 aliphatic carbocycles. The van der Waals surface area contributed by atoms with Crippen LogP contribution in [0.1, 0.15) is 42.7 Å². The molecule has 3 aliphatic rings. The first-order chi connectivity index (χ1) is 16.6. The molecule has 0 atom stereocenters. The Bertz CT molecular complexity index is 1190. The van der Waals surface area contributed by atoms with Gasteiger partial charge in [0.15, 0.2) is 22.9 Å². The average Bonchev–Trinajstić information content (AvgIpc) is 3.46. The van der Waals surface area contributed by atoms with E-state index in [1.165, 1.54) is 31.2 Å². The molecule has 2 aromatic carbocycles. The molecule has 8 heteroatoms. The van der Waals surface area contributed by atoms with Gasteiger partial charge in [0.25, 0.3) is 0 Å². The number of carbonyl (C=O) groups is 1. The van der Waals surface area contributed by atoms with Crippen LogP contribution in [-0.2, 0) is 4.79 Å². The number of benzene rings is 2.